The Morgan fingerprint density at radius 3 is 2.43 bits per heavy atom. The third-order valence-electron chi connectivity index (χ3n) is 2.39. The van der Waals surface area contributed by atoms with Crippen LogP contribution in [0.1, 0.15) is 23.2 Å². The van der Waals surface area contributed by atoms with Gasteiger partial charge in [-0.15, -0.1) is 0 Å². The number of alkyl halides is 3. The molecule has 0 saturated carbocycles. The molecule has 0 atom stereocenters. The normalized spacial score (nSPS) is 11.0. The molecule has 5 nitrogen and oxygen atoms in total. The van der Waals surface area contributed by atoms with E-state index in [1.807, 2.05) is 0 Å². The molecule has 0 spiro atoms. The monoisotopic (exact) mass is 308 g/mol. The molecule has 0 aromatic heterocycles. The quantitative estimate of drug-likeness (QED) is 0.578. The van der Waals surface area contributed by atoms with E-state index in [-0.39, 0.29) is 24.2 Å². The summed E-state index contributed by atoms with van der Waals surface area (Å²) in [6.45, 7) is -0.222. The number of aromatic carboxylic acids is 1. The summed E-state index contributed by atoms with van der Waals surface area (Å²) in [5, 5.41) is 12.8. The lowest BCUT2D eigenvalue weighted by Gasteiger charge is -2.09. The van der Waals surface area contributed by atoms with Crippen molar-refractivity contribution in [2.24, 2.45) is 0 Å². The van der Waals surface area contributed by atoms with Gasteiger partial charge in [0.15, 0.2) is 0 Å². The molecule has 2 amide bonds. The number of carboxylic acids is 1. The van der Waals surface area contributed by atoms with Gasteiger partial charge >= 0.3 is 18.2 Å². The number of carboxylic acid groups (broad SMARTS) is 1. The Bertz CT molecular complexity index is 532. The maximum absolute atomic E-state index is 13.5. The highest BCUT2D eigenvalue weighted by molar-refractivity contribution is 5.91. The Hall–Kier alpha value is -2.32. The second-order valence-electron chi connectivity index (χ2n) is 4.10. The average Bonchev–Trinajstić information content (AvgIpc) is 2.36. The number of benzene rings is 1. The molecule has 1 aromatic carbocycles. The molecule has 0 radical (unpaired) electrons. The van der Waals surface area contributed by atoms with E-state index in [0.29, 0.717) is 0 Å². The largest absolute Gasteiger partial charge is 0.478 e. The van der Waals surface area contributed by atoms with Gasteiger partial charge in [0, 0.05) is 13.0 Å². The summed E-state index contributed by atoms with van der Waals surface area (Å²) in [7, 11) is 0. The average molecular weight is 308 g/mol. The van der Waals surface area contributed by atoms with Crippen molar-refractivity contribution in [1.82, 2.24) is 5.32 Å². The van der Waals surface area contributed by atoms with Gasteiger partial charge in [-0.2, -0.15) is 13.2 Å². The second kappa shape index (κ2) is 6.91. The van der Waals surface area contributed by atoms with Crippen LogP contribution in [0.25, 0.3) is 0 Å². The zero-order valence-electron chi connectivity index (χ0n) is 10.6. The molecule has 116 valence electrons. The number of hydrogen-bond acceptors (Lipinski definition) is 2. The van der Waals surface area contributed by atoms with Crippen LogP contribution in [0.4, 0.5) is 28.0 Å². The lowest BCUT2D eigenvalue weighted by molar-refractivity contribution is -0.135. The van der Waals surface area contributed by atoms with Crippen molar-refractivity contribution in [2.75, 3.05) is 11.9 Å². The van der Waals surface area contributed by atoms with Crippen molar-refractivity contribution in [1.29, 1.82) is 0 Å². The number of urea groups is 1. The topological polar surface area (TPSA) is 78.4 Å². The number of amides is 2. The van der Waals surface area contributed by atoms with Gasteiger partial charge < -0.3 is 15.7 Å². The minimum atomic E-state index is -4.29. The van der Waals surface area contributed by atoms with Gasteiger partial charge in [0.2, 0.25) is 0 Å². The molecule has 0 fully saturated rings. The van der Waals surface area contributed by atoms with Crippen LogP contribution in [-0.2, 0) is 0 Å². The zero-order valence-corrected chi connectivity index (χ0v) is 10.6. The fourth-order valence-corrected chi connectivity index (χ4v) is 1.41. The van der Waals surface area contributed by atoms with Crippen molar-refractivity contribution in [2.45, 2.75) is 19.0 Å². The SMILES string of the molecule is O=C(NCCCC(F)(F)F)Nc1ccc(C(=O)O)cc1F. The molecule has 0 heterocycles. The van der Waals surface area contributed by atoms with Crippen LogP contribution in [-0.4, -0.2) is 29.8 Å². The van der Waals surface area contributed by atoms with E-state index in [2.05, 4.69) is 10.6 Å². The fraction of sp³-hybridized carbons (Fsp3) is 0.333. The molecule has 0 unspecified atom stereocenters. The molecule has 21 heavy (non-hydrogen) atoms. The smallest absolute Gasteiger partial charge is 0.389 e. The second-order valence-corrected chi connectivity index (χ2v) is 4.10. The zero-order chi connectivity index (χ0) is 16.0. The summed E-state index contributed by atoms with van der Waals surface area (Å²) in [6.07, 6.45) is -5.62. The van der Waals surface area contributed by atoms with Crippen LogP contribution >= 0.6 is 0 Å². The summed E-state index contributed by atoms with van der Waals surface area (Å²) < 4.78 is 49.0. The van der Waals surface area contributed by atoms with Crippen LogP contribution in [0.3, 0.4) is 0 Å². The van der Waals surface area contributed by atoms with Gasteiger partial charge in [-0.25, -0.2) is 14.0 Å². The van der Waals surface area contributed by atoms with E-state index in [4.69, 9.17) is 5.11 Å². The summed E-state index contributed by atoms with van der Waals surface area (Å²) in [4.78, 5) is 21.9. The third-order valence-corrected chi connectivity index (χ3v) is 2.39. The van der Waals surface area contributed by atoms with Crippen LogP contribution in [0.15, 0.2) is 18.2 Å². The van der Waals surface area contributed by atoms with Gasteiger partial charge in [0.05, 0.1) is 11.3 Å². The van der Waals surface area contributed by atoms with Gasteiger partial charge in [-0.05, 0) is 24.6 Å². The number of carbonyl (C=O) groups excluding carboxylic acids is 1. The van der Waals surface area contributed by atoms with Crippen molar-refractivity contribution in [3.05, 3.63) is 29.6 Å². The van der Waals surface area contributed by atoms with E-state index in [9.17, 15) is 27.2 Å². The van der Waals surface area contributed by atoms with Crippen molar-refractivity contribution in [3.63, 3.8) is 0 Å². The highest BCUT2D eigenvalue weighted by Crippen LogP contribution is 2.20. The van der Waals surface area contributed by atoms with Crippen molar-refractivity contribution in [3.8, 4) is 0 Å². The number of anilines is 1. The minimum absolute atomic E-state index is 0.222. The Morgan fingerprint density at radius 2 is 1.90 bits per heavy atom. The number of nitrogens with one attached hydrogen (secondary N) is 2. The van der Waals surface area contributed by atoms with E-state index in [0.717, 1.165) is 18.2 Å². The van der Waals surface area contributed by atoms with E-state index >= 15 is 0 Å². The lowest BCUT2D eigenvalue weighted by Crippen LogP contribution is -2.30. The predicted octanol–water partition coefficient (Wildman–Crippen LogP) is 2.99. The number of halogens is 4. The summed E-state index contributed by atoms with van der Waals surface area (Å²) in [5.41, 5.74) is -0.558. The molecular formula is C12H12F4N2O3. The molecule has 9 heteroatoms. The first-order valence-corrected chi connectivity index (χ1v) is 5.83. The van der Waals surface area contributed by atoms with Crippen LogP contribution in [0.2, 0.25) is 0 Å². The Balaban J connectivity index is 2.46. The number of carbonyl (C=O) groups is 2. The Labute approximate surface area is 117 Å². The minimum Gasteiger partial charge on any atom is -0.478 e. The molecular weight excluding hydrogens is 296 g/mol. The molecule has 3 N–H and O–H groups in total. The summed E-state index contributed by atoms with van der Waals surface area (Å²) in [6, 6.07) is 1.99. The van der Waals surface area contributed by atoms with E-state index in [1.54, 1.807) is 0 Å². The first kappa shape index (κ1) is 16.7. The third kappa shape index (κ3) is 6.11. The summed E-state index contributed by atoms with van der Waals surface area (Å²) >= 11 is 0. The highest BCUT2D eigenvalue weighted by Gasteiger charge is 2.25. The lowest BCUT2D eigenvalue weighted by atomic mass is 10.2. The first-order valence-electron chi connectivity index (χ1n) is 5.83. The molecule has 0 aliphatic carbocycles. The van der Waals surface area contributed by atoms with Gasteiger partial charge in [-0.3, -0.25) is 0 Å². The standard InChI is InChI=1S/C12H12F4N2O3/c13-8-6-7(10(19)20)2-3-9(8)18-11(21)17-5-1-4-12(14,15)16/h2-3,6H,1,4-5H2,(H,19,20)(H2,17,18,21). The van der Waals surface area contributed by atoms with Crippen molar-refractivity contribution >= 4 is 17.7 Å². The van der Waals surface area contributed by atoms with Gasteiger partial charge in [0.25, 0.3) is 0 Å². The van der Waals surface area contributed by atoms with Crippen LogP contribution < -0.4 is 10.6 Å². The van der Waals surface area contributed by atoms with E-state index in [1.165, 1.54) is 0 Å². The molecule has 1 rings (SSSR count). The summed E-state index contributed by atoms with van der Waals surface area (Å²) in [5.74, 6) is -2.28. The Kier molecular flexibility index (Phi) is 5.51. The maximum atomic E-state index is 13.5. The maximum Gasteiger partial charge on any atom is 0.389 e. The Morgan fingerprint density at radius 1 is 1.24 bits per heavy atom. The molecule has 1 aromatic rings. The van der Waals surface area contributed by atoms with Gasteiger partial charge in [0.1, 0.15) is 5.82 Å². The van der Waals surface area contributed by atoms with Gasteiger partial charge in [-0.1, -0.05) is 0 Å². The van der Waals surface area contributed by atoms with Crippen LogP contribution in [0, 0.1) is 5.82 Å². The highest BCUT2D eigenvalue weighted by atomic mass is 19.4. The molecule has 0 aliphatic rings. The molecule has 0 bridgehead atoms. The number of hydrogen-bond donors (Lipinski definition) is 3. The van der Waals surface area contributed by atoms with Crippen molar-refractivity contribution < 1.29 is 32.3 Å². The first-order chi connectivity index (χ1) is 9.69. The van der Waals surface area contributed by atoms with E-state index < -0.39 is 30.4 Å². The fourth-order valence-electron chi connectivity index (χ4n) is 1.41. The predicted molar refractivity (Wildman–Crippen MR) is 65.7 cm³/mol. The molecule has 0 saturated heterocycles. The van der Waals surface area contributed by atoms with Crippen LogP contribution in [0.5, 0.6) is 0 Å². The number of rotatable bonds is 5. The molecule has 0 aliphatic heterocycles.